The van der Waals surface area contributed by atoms with Gasteiger partial charge in [0.15, 0.2) is 17.3 Å². The van der Waals surface area contributed by atoms with E-state index in [9.17, 15) is 18.0 Å². The van der Waals surface area contributed by atoms with Crippen LogP contribution in [-0.4, -0.2) is 44.3 Å². The second-order valence-corrected chi connectivity index (χ2v) is 10.4. The number of fused-ring (bicyclic) bond motifs is 1. The predicted octanol–water partition coefficient (Wildman–Crippen LogP) is 2.73. The number of nitrogens with zero attached hydrogens (tertiary/aromatic N) is 1. The molecule has 2 heterocycles. The van der Waals surface area contributed by atoms with Crippen LogP contribution >= 0.6 is 0 Å². The lowest BCUT2D eigenvalue weighted by molar-refractivity contribution is -0.132. The van der Waals surface area contributed by atoms with Crippen LogP contribution in [0.1, 0.15) is 42.6 Å². The average Bonchev–Trinajstić information content (AvgIpc) is 3.25. The predicted molar refractivity (Wildman–Crippen MR) is 117 cm³/mol. The zero-order chi connectivity index (χ0) is 22.9. The van der Waals surface area contributed by atoms with Crippen LogP contribution in [0.3, 0.4) is 0 Å². The Morgan fingerprint density at radius 1 is 1.03 bits per heavy atom. The first-order valence-corrected chi connectivity index (χ1v) is 11.9. The summed E-state index contributed by atoms with van der Waals surface area (Å²) in [6, 6.07) is 11.5. The maximum atomic E-state index is 13.0. The molecule has 2 aliphatic rings. The van der Waals surface area contributed by atoms with Crippen molar-refractivity contribution in [1.29, 1.82) is 0 Å². The van der Waals surface area contributed by atoms with Crippen molar-refractivity contribution in [2.24, 2.45) is 5.41 Å². The second kappa shape index (κ2) is 8.55. The molecule has 4 rings (SSSR count). The van der Waals surface area contributed by atoms with Gasteiger partial charge in [-0.3, -0.25) is 9.59 Å². The molecule has 1 N–H and O–H groups in total. The fourth-order valence-electron chi connectivity index (χ4n) is 3.90. The highest BCUT2D eigenvalue weighted by atomic mass is 32.2. The third-order valence-electron chi connectivity index (χ3n) is 6.16. The zero-order valence-corrected chi connectivity index (χ0v) is 18.9. The summed E-state index contributed by atoms with van der Waals surface area (Å²) in [4.78, 5) is 24.5. The minimum Gasteiger partial charge on any atom is -0.454 e. The maximum Gasteiger partial charge on any atom is 0.243 e. The van der Waals surface area contributed by atoms with E-state index in [1.807, 2.05) is 25.1 Å². The number of sulfonamides is 1. The molecule has 0 atom stereocenters. The fraction of sp³-hybridized carbons (Fsp3) is 0.391. The van der Waals surface area contributed by atoms with Gasteiger partial charge in [-0.15, -0.1) is 0 Å². The number of benzene rings is 2. The minimum atomic E-state index is -3.68. The van der Waals surface area contributed by atoms with E-state index in [4.69, 9.17) is 9.47 Å². The molecule has 2 aliphatic heterocycles. The minimum absolute atomic E-state index is 0.0991. The molecular formula is C23H26N2O6S. The summed E-state index contributed by atoms with van der Waals surface area (Å²) >= 11 is 0. The third-order valence-corrected chi connectivity index (χ3v) is 8.08. The van der Waals surface area contributed by atoms with Gasteiger partial charge in [-0.2, -0.15) is 4.31 Å². The lowest BCUT2D eigenvalue weighted by Crippen LogP contribution is -2.48. The van der Waals surface area contributed by atoms with Gasteiger partial charge in [0.2, 0.25) is 22.7 Å². The van der Waals surface area contributed by atoms with Crippen LogP contribution in [0.2, 0.25) is 0 Å². The number of amides is 1. The standard InChI is InChI=1S/C23H26N2O6S/c1-16(26)18-4-6-19(7-5-18)32(28,29)25-11-9-23(2,10-12-25)22(27)24-14-17-3-8-20-21(13-17)31-15-30-20/h3-8,13H,9-12,14-15H2,1-2H3,(H,24,27). The molecule has 0 unspecified atom stereocenters. The Morgan fingerprint density at radius 3 is 2.34 bits per heavy atom. The first-order chi connectivity index (χ1) is 15.2. The third kappa shape index (κ3) is 4.35. The lowest BCUT2D eigenvalue weighted by atomic mass is 9.80. The van der Waals surface area contributed by atoms with Gasteiger partial charge >= 0.3 is 0 Å². The highest BCUT2D eigenvalue weighted by Crippen LogP contribution is 2.35. The number of ketones is 1. The lowest BCUT2D eigenvalue weighted by Gasteiger charge is -2.37. The van der Waals surface area contributed by atoms with Crippen LogP contribution in [0.15, 0.2) is 47.4 Å². The molecule has 0 radical (unpaired) electrons. The first-order valence-electron chi connectivity index (χ1n) is 10.5. The van der Waals surface area contributed by atoms with Gasteiger partial charge in [-0.05, 0) is 49.6 Å². The molecule has 1 amide bonds. The first kappa shape index (κ1) is 22.3. The van der Waals surface area contributed by atoms with E-state index < -0.39 is 15.4 Å². The number of Topliss-reactive ketones (excluding diaryl/α,β-unsaturated/α-hetero) is 1. The number of carbonyl (C=O) groups excluding carboxylic acids is 2. The van der Waals surface area contributed by atoms with Crippen molar-refractivity contribution in [3.05, 3.63) is 53.6 Å². The van der Waals surface area contributed by atoms with E-state index in [0.717, 1.165) is 5.56 Å². The van der Waals surface area contributed by atoms with Gasteiger partial charge in [0.25, 0.3) is 0 Å². The van der Waals surface area contributed by atoms with E-state index in [-0.39, 0.29) is 36.5 Å². The number of piperidine rings is 1. The fourth-order valence-corrected chi connectivity index (χ4v) is 5.35. The van der Waals surface area contributed by atoms with E-state index in [0.29, 0.717) is 36.4 Å². The summed E-state index contributed by atoms with van der Waals surface area (Å²) in [6.45, 7) is 4.37. The summed E-state index contributed by atoms with van der Waals surface area (Å²) in [5, 5.41) is 2.97. The van der Waals surface area contributed by atoms with Gasteiger partial charge in [0, 0.05) is 30.6 Å². The second-order valence-electron chi connectivity index (χ2n) is 8.42. The SMILES string of the molecule is CC(=O)c1ccc(S(=O)(=O)N2CCC(C)(C(=O)NCc3ccc4c(c3)OCO4)CC2)cc1. The van der Waals surface area contributed by atoms with E-state index >= 15 is 0 Å². The Bertz CT molecular complexity index is 1140. The Balaban J connectivity index is 1.36. The van der Waals surface area contributed by atoms with Crippen LogP contribution in [0, 0.1) is 5.41 Å². The van der Waals surface area contributed by atoms with Crippen molar-refractivity contribution in [2.75, 3.05) is 19.9 Å². The smallest absolute Gasteiger partial charge is 0.243 e. The molecule has 0 spiro atoms. The van der Waals surface area contributed by atoms with Crippen molar-refractivity contribution in [2.45, 2.75) is 38.1 Å². The van der Waals surface area contributed by atoms with E-state index in [2.05, 4.69) is 5.32 Å². The van der Waals surface area contributed by atoms with Gasteiger partial charge in [0.05, 0.1) is 4.90 Å². The van der Waals surface area contributed by atoms with Crippen molar-refractivity contribution >= 4 is 21.7 Å². The number of carbonyl (C=O) groups is 2. The van der Waals surface area contributed by atoms with Crippen molar-refractivity contribution in [3.8, 4) is 11.5 Å². The molecule has 0 aliphatic carbocycles. The monoisotopic (exact) mass is 458 g/mol. The maximum absolute atomic E-state index is 13.0. The van der Waals surface area contributed by atoms with Crippen LogP contribution in [0.4, 0.5) is 0 Å². The van der Waals surface area contributed by atoms with Crippen molar-refractivity contribution in [3.63, 3.8) is 0 Å². The summed E-state index contributed by atoms with van der Waals surface area (Å²) in [5.41, 5.74) is 0.718. The van der Waals surface area contributed by atoms with Gasteiger partial charge in [0.1, 0.15) is 0 Å². The topological polar surface area (TPSA) is 102 Å². The number of hydrogen-bond donors (Lipinski definition) is 1. The molecule has 0 bridgehead atoms. The summed E-state index contributed by atoms with van der Waals surface area (Å²) in [7, 11) is -3.68. The van der Waals surface area contributed by atoms with Crippen molar-refractivity contribution < 1.29 is 27.5 Å². The summed E-state index contributed by atoms with van der Waals surface area (Å²) in [6.07, 6.45) is 0.843. The molecule has 2 aromatic carbocycles. The molecule has 2 aromatic rings. The number of hydrogen-bond acceptors (Lipinski definition) is 6. The highest BCUT2D eigenvalue weighted by Gasteiger charge is 2.40. The van der Waals surface area contributed by atoms with Crippen LogP contribution in [-0.2, 0) is 21.4 Å². The van der Waals surface area contributed by atoms with Crippen LogP contribution in [0.5, 0.6) is 11.5 Å². The number of rotatable bonds is 6. The van der Waals surface area contributed by atoms with Gasteiger partial charge < -0.3 is 14.8 Å². The summed E-state index contributed by atoms with van der Waals surface area (Å²) < 4.78 is 38.0. The highest BCUT2D eigenvalue weighted by molar-refractivity contribution is 7.89. The molecular weight excluding hydrogens is 432 g/mol. The Kier molecular flexibility index (Phi) is 5.96. The van der Waals surface area contributed by atoms with E-state index in [1.54, 1.807) is 0 Å². The zero-order valence-electron chi connectivity index (χ0n) is 18.1. The molecule has 32 heavy (non-hydrogen) atoms. The van der Waals surface area contributed by atoms with E-state index in [1.165, 1.54) is 35.5 Å². The van der Waals surface area contributed by atoms with Gasteiger partial charge in [-0.25, -0.2) is 8.42 Å². The Morgan fingerprint density at radius 2 is 1.69 bits per heavy atom. The molecule has 9 heteroatoms. The molecule has 1 saturated heterocycles. The van der Waals surface area contributed by atoms with Crippen molar-refractivity contribution in [1.82, 2.24) is 9.62 Å². The molecule has 1 fully saturated rings. The Hall–Kier alpha value is -2.91. The van der Waals surface area contributed by atoms with Crippen LogP contribution in [0.25, 0.3) is 0 Å². The molecule has 0 aromatic heterocycles. The number of nitrogens with one attached hydrogen (secondary N) is 1. The molecule has 0 saturated carbocycles. The number of ether oxygens (including phenoxy) is 2. The average molecular weight is 459 g/mol. The van der Waals surface area contributed by atoms with Gasteiger partial charge in [-0.1, -0.05) is 25.1 Å². The van der Waals surface area contributed by atoms with Crippen LogP contribution < -0.4 is 14.8 Å². The quantitative estimate of drug-likeness (QED) is 0.668. The molecule has 170 valence electrons. The normalized spacial score (nSPS) is 17.7. The largest absolute Gasteiger partial charge is 0.454 e. The Labute approximate surface area is 187 Å². The molecule has 8 nitrogen and oxygen atoms in total. The summed E-state index contributed by atoms with van der Waals surface area (Å²) in [5.74, 6) is 1.14.